The van der Waals surface area contributed by atoms with Crippen LogP contribution in [0.1, 0.15) is 89.8 Å². The first-order valence-electron chi connectivity index (χ1n) is 15.0. The monoisotopic (exact) mass is 633 g/mol. The largest absolute Gasteiger partial charge is 0.508 e. The lowest BCUT2D eigenvalue weighted by Gasteiger charge is -2.35. The molecule has 238 valence electrons. The van der Waals surface area contributed by atoms with E-state index in [1.165, 1.54) is 11.0 Å². The van der Waals surface area contributed by atoms with Crippen LogP contribution < -0.4 is 10.6 Å². The third kappa shape index (κ3) is 11.9. The molecule has 43 heavy (non-hydrogen) atoms. The summed E-state index contributed by atoms with van der Waals surface area (Å²) in [5.41, 5.74) is 0.730. The molecular weight excluding hydrogens is 586 g/mol. The Labute approximate surface area is 266 Å². The van der Waals surface area contributed by atoms with E-state index >= 15 is 0 Å². The summed E-state index contributed by atoms with van der Waals surface area (Å²) < 4.78 is 5.47. The van der Waals surface area contributed by atoms with Crippen molar-refractivity contribution in [1.29, 1.82) is 0 Å². The van der Waals surface area contributed by atoms with Gasteiger partial charge in [-0.1, -0.05) is 81.0 Å². The Morgan fingerprint density at radius 3 is 2.33 bits per heavy atom. The molecule has 8 nitrogen and oxygen atoms in total. The molecule has 0 spiro atoms. The minimum atomic E-state index is -1.18. The zero-order valence-corrected chi connectivity index (χ0v) is 27.9. The minimum absolute atomic E-state index is 0.111. The van der Waals surface area contributed by atoms with Gasteiger partial charge in [-0.05, 0) is 70.2 Å². The number of anilines is 1. The lowest BCUT2D eigenvalue weighted by molar-refractivity contribution is -0.141. The molecule has 0 bridgehead atoms. The summed E-state index contributed by atoms with van der Waals surface area (Å²) in [5.74, 6) is -0.450. The van der Waals surface area contributed by atoms with Crippen LogP contribution >= 0.6 is 23.4 Å². The molecule has 3 N–H and O–H groups in total. The number of nitrogens with one attached hydrogen (secondary N) is 2. The fourth-order valence-electron chi connectivity index (χ4n) is 4.72. The molecule has 0 aromatic heterocycles. The van der Waals surface area contributed by atoms with Crippen LogP contribution in [-0.2, 0) is 14.3 Å². The molecule has 2 rings (SSSR count). The molecule has 2 atom stereocenters. The van der Waals surface area contributed by atoms with E-state index < -0.39 is 35.6 Å². The van der Waals surface area contributed by atoms with Crippen LogP contribution in [0.2, 0.25) is 5.02 Å². The number of carbonyl (C=O) groups is 3. The number of hydrogen-bond acceptors (Lipinski definition) is 6. The lowest BCUT2D eigenvalue weighted by Crippen LogP contribution is -2.52. The van der Waals surface area contributed by atoms with E-state index in [0.29, 0.717) is 29.3 Å². The molecule has 0 saturated heterocycles. The SMILES string of the molecule is CCCCCCCCN(C(=O)C(CCSC)NC(=O)OC(C)(C)C)C(C(=O)Nc1c(C)cccc1Cl)c1ccccc1O. The number of alkyl carbamates (subject to hydrolysis) is 1. The summed E-state index contributed by atoms with van der Waals surface area (Å²) in [4.78, 5) is 42.8. The van der Waals surface area contributed by atoms with Crippen LogP contribution in [-0.4, -0.2) is 58.1 Å². The van der Waals surface area contributed by atoms with Crippen LogP contribution in [0, 0.1) is 6.92 Å². The second-order valence-corrected chi connectivity index (χ2v) is 13.1. The first-order chi connectivity index (χ1) is 20.4. The standard InChI is InChI=1S/C33H48ClN3O5S/c1-7-8-9-10-11-14-21-37(31(40)26(20-22-43-6)35-32(41)42-33(3,4)5)29(24-17-12-13-19-27(24)38)30(39)36-28-23(2)16-15-18-25(28)34/h12-13,15-19,26,29,38H,7-11,14,20-22H2,1-6H3,(H,35,41)(H,36,39). The van der Waals surface area contributed by atoms with Gasteiger partial charge in [0.05, 0.1) is 10.7 Å². The van der Waals surface area contributed by atoms with Crippen molar-refractivity contribution in [2.24, 2.45) is 0 Å². The van der Waals surface area contributed by atoms with Gasteiger partial charge in [-0.3, -0.25) is 9.59 Å². The van der Waals surface area contributed by atoms with Gasteiger partial charge in [0, 0.05) is 12.1 Å². The third-order valence-corrected chi connectivity index (χ3v) is 7.86. The second-order valence-electron chi connectivity index (χ2n) is 11.7. The first-order valence-corrected chi connectivity index (χ1v) is 16.8. The Morgan fingerprint density at radius 2 is 1.70 bits per heavy atom. The van der Waals surface area contributed by atoms with Gasteiger partial charge in [-0.25, -0.2) is 4.79 Å². The molecule has 0 saturated carbocycles. The van der Waals surface area contributed by atoms with Crippen molar-refractivity contribution in [2.75, 3.05) is 23.9 Å². The number of amides is 3. The van der Waals surface area contributed by atoms with E-state index in [9.17, 15) is 19.5 Å². The van der Waals surface area contributed by atoms with Crippen molar-refractivity contribution in [3.05, 3.63) is 58.6 Å². The number of halogens is 1. The van der Waals surface area contributed by atoms with Gasteiger partial charge in [0.25, 0.3) is 5.91 Å². The molecule has 0 aliphatic carbocycles. The number of unbranched alkanes of at least 4 members (excludes halogenated alkanes) is 5. The number of aryl methyl sites for hydroxylation is 1. The zero-order chi connectivity index (χ0) is 32.0. The Kier molecular flexibility index (Phi) is 15.2. The summed E-state index contributed by atoms with van der Waals surface area (Å²) in [7, 11) is 0. The topological polar surface area (TPSA) is 108 Å². The molecule has 0 aliphatic heterocycles. The number of carbonyl (C=O) groups excluding carboxylic acids is 3. The molecule has 10 heteroatoms. The van der Waals surface area contributed by atoms with Crippen molar-refractivity contribution in [3.8, 4) is 5.75 Å². The van der Waals surface area contributed by atoms with Crippen LogP contribution in [0.25, 0.3) is 0 Å². The molecular formula is C33H48ClN3O5S. The van der Waals surface area contributed by atoms with Gasteiger partial charge in [-0.15, -0.1) is 0 Å². The quantitative estimate of drug-likeness (QED) is 0.162. The summed E-state index contributed by atoms with van der Waals surface area (Å²) >= 11 is 8.00. The number of phenolic OH excluding ortho intramolecular Hbond substituents is 1. The van der Waals surface area contributed by atoms with E-state index in [0.717, 1.165) is 37.7 Å². The molecule has 2 aromatic carbocycles. The van der Waals surface area contributed by atoms with Crippen molar-refractivity contribution >= 4 is 47.0 Å². The fraction of sp³-hybridized carbons (Fsp3) is 0.545. The summed E-state index contributed by atoms with van der Waals surface area (Å²) in [6.45, 7) is 9.51. The minimum Gasteiger partial charge on any atom is -0.508 e. The zero-order valence-electron chi connectivity index (χ0n) is 26.4. The predicted octanol–water partition coefficient (Wildman–Crippen LogP) is 7.87. The number of nitrogens with zero attached hydrogens (tertiary/aromatic N) is 1. The smallest absolute Gasteiger partial charge is 0.408 e. The summed E-state index contributed by atoms with van der Waals surface area (Å²) in [6.07, 6.45) is 7.44. The van der Waals surface area contributed by atoms with Gasteiger partial charge >= 0.3 is 6.09 Å². The highest BCUT2D eigenvalue weighted by molar-refractivity contribution is 7.98. The molecule has 0 radical (unpaired) electrons. The van der Waals surface area contributed by atoms with E-state index in [1.54, 1.807) is 62.9 Å². The molecule has 0 aliphatic rings. The third-order valence-electron chi connectivity index (χ3n) is 6.90. The van der Waals surface area contributed by atoms with Crippen LogP contribution in [0.3, 0.4) is 0 Å². The fourth-order valence-corrected chi connectivity index (χ4v) is 5.46. The molecule has 3 amide bonds. The average molecular weight is 634 g/mol. The molecule has 2 unspecified atom stereocenters. The number of ether oxygens (including phenoxy) is 1. The van der Waals surface area contributed by atoms with Crippen LogP contribution in [0.15, 0.2) is 42.5 Å². The van der Waals surface area contributed by atoms with Gasteiger partial charge in [0.2, 0.25) is 5.91 Å². The number of rotatable bonds is 16. The second kappa shape index (κ2) is 18.0. The van der Waals surface area contributed by atoms with Gasteiger partial charge in [0.15, 0.2) is 0 Å². The number of phenols is 1. The van der Waals surface area contributed by atoms with Crippen molar-refractivity contribution < 1.29 is 24.2 Å². The molecule has 2 aromatic rings. The Hall–Kier alpha value is -2.91. The predicted molar refractivity (Wildman–Crippen MR) is 177 cm³/mol. The number of benzene rings is 2. The normalized spacial score (nSPS) is 12.7. The summed E-state index contributed by atoms with van der Waals surface area (Å²) in [6, 6.07) is 9.70. The maximum atomic E-state index is 14.4. The molecule has 0 fully saturated rings. The number of hydrogen-bond donors (Lipinski definition) is 3. The Bertz CT molecular complexity index is 1180. The summed E-state index contributed by atoms with van der Waals surface area (Å²) in [5, 5.41) is 17.0. The number of thioether (sulfide) groups is 1. The maximum Gasteiger partial charge on any atom is 0.408 e. The van der Waals surface area contributed by atoms with Crippen LogP contribution in [0.5, 0.6) is 5.75 Å². The first kappa shape index (κ1) is 36.3. The van der Waals surface area contributed by atoms with E-state index in [1.807, 2.05) is 19.2 Å². The number of para-hydroxylation sites is 2. The van der Waals surface area contributed by atoms with E-state index in [2.05, 4.69) is 17.6 Å². The maximum absolute atomic E-state index is 14.4. The van der Waals surface area contributed by atoms with E-state index in [-0.39, 0.29) is 17.9 Å². The highest BCUT2D eigenvalue weighted by atomic mass is 35.5. The highest BCUT2D eigenvalue weighted by Crippen LogP contribution is 2.33. The van der Waals surface area contributed by atoms with Crippen molar-refractivity contribution in [3.63, 3.8) is 0 Å². The lowest BCUT2D eigenvalue weighted by atomic mass is 10.00. The van der Waals surface area contributed by atoms with Gasteiger partial charge in [-0.2, -0.15) is 11.8 Å². The molecule has 0 heterocycles. The Balaban J connectivity index is 2.55. The Morgan fingerprint density at radius 1 is 1.02 bits per heavy atom. The van der Waals surface area contributed by atoms with Crippen molar-refractivity contribution in [2.45, 2.75) is 97.2 Å². The van der Waals surface area contributed by atoms with Gasteiger partial charge in [0.1, 0.15) is 23.4 Å². The van der Waals surface area contributed by atoms with E-state index in [4.69, 9.17) is 16.3 Å². The van der Waals surface area contributed by atoms with Gasteiger partial charge < -0.3 is 25.4 Å². The average Bonchev–Trinajstić information content (AvgIpc) is 2.93. The number of aromatic hydroxyl groups is 1. The van der Waals surface area contributed by atoms with Crippen molar-refractivity contribution in [1.82, 2.24) is 10.2 Å². The highest BCUT2D eigenvalue weighted by Gasteiger charge is 2.37. The van der Waals surface area contributed by atoms with Crippen LogP contribution in [0.4, 0.5) is 10.5 Å².